The molecule has 1 N–H and O–H groups in total. The Morgan fingerprint density at radius 3 is 2.89 bits per heavy atom. The molecular weight excluding hydrogens is 228 g/mol. The van der Waals surface area contributed by atoms with Crippen LogP contribution in [0.4, 0.5) is 0 Å². The number of rotatable bonds is 5. The van der Waals surface area contributed by atoms with Crippen LogP contribution in [0.5, 0.6) is 5.75 Å². The van der Waals surface area contributed by atoms with Crippen molar-refractivity contribution in [2.75, 3.05) is 20.3 Å². The summed E-state index contributed by atoms with van der Waals surface area (Å²) in [5, 5.41) is 8.68. The fourth-order valence-electron chi connectivity index (χ4n) is 1.73. The summed E-state index contributed by atoms with van der Waals surface area (Å²) in [6, 6.07) is 5.72. The van der Waals surface area contributed by atoms with Gasteiger partial charge in [-0.2, -0.15) is 0 Å². The summed E-state index contributed by atoms with van der Waals surface area (Å²) in [6.45, 7) is 1.25. The molecule has 1 aromatic carbocycles. The van der Waals surface area contributed by atoms with Gasteiger partial charge in [0, 0.05) is 17.7 Å². The molecule has 0 radical (unpaired) electrons. The molecule has 0 unspecified atom stereocenters. The zero-order valence-corrected chi connectivity index (χ0v) is 10.6. The average Bonchev–Trinajstić information content (AvgIpc) is 3.20. The van der Waals surface area contributed by atoms with Gasteiger partial charge in [0.15, 0.2) is 0 Å². The first-order chi connectivity index (χ1) is 8.83. The Balaban J connectivity index is 2.02. The topological polar surface area (TPSA) is 38.7 Å². The molecule has 0 amide bonds. The van der Waals surface area contributed by atoms with Crippen molar-refractivity contribution in [1.82, 2.24) is 0 Å². The first-order valence-electron chi connectivity index (χ1n) is 6.18. The summed E-state index contributed by atoms with van der Waals surface area (Å²) in [5.41, 5.74) is 1.87. The summed E-state index contributed by atoms with van der Waals surface area (Å²) in [4.78, 5) is 0. The van der Waals surface area contributed by atoms with Crippen LogP contribution in [-0.4, -0.2) is 25.4 Å². The van der Waals surface area contributed by atoms with Gasteiger partial charge >= 0.3 is 0 Å². The van der Waals surface area contributed by atoms with Crippen LogP contribution in [0.25, 0.3) is 0 Å². The number of hydrogen-bond donors (Lipinski definition) is 1. The van der Waals surface area contributed by atoms with Crippen molar-refractivity contribution in [1.29, 1.82) is 0 Å². The third kappa shape index (κ3) is 3.76. The summed E-state index contributed by atoms with van der Waals surface area (Å²) in [7, 11) is 1.65. The molecule has 0 saturated heterocycles. The lowest BCUT2D eigenvalue weighted by molar-refractivity contribution is 0.109. The van der Waals surface area contributed by atoms with E-state index >= 15 is 0 Å². The van der Waals surface area contributed by atoms with Crippen LogP contribution in [0, 0.1) is 17.8 Å². The minimum atomic E-state index is -0.125. The molecule has 1 fully saturated rings. The molecule has 0 heterocycles. The molecular formula is C15H18O3. The normalized spacial score (nSPS) is 13.9. The molecule has 3 nitrogen and oxygen atoms in total. The molecule has 1 saturated carbocycles. The van der Waals surface area contributed by atoms with Crippen molar-refractivity contribution in [3.8, 4) is 17.6 Å². The lowest BCUT2D eigenvalue weighted by Gasteiger charge is -2.09. The van der Waals surface area contributed by atoms with E-state index < -0.39 is 0 Å². The SMILES string of the molecule is COc1ccc(C#CCO)cc1COCC1CC1. The van der Waals surface area contributed by atoms with Crippen molar-refractivity contribution in [3.63, 3.8) is 0 Å². The van der Waals surface area contributed by atoms with Gasteiger partial charge in [-0.25, -0.2) is 0 Å². The predicted octanol–water partition coefficient (Wildman–Crippen LogP) is 1.97. The molecule has 1 aromatic rings. The van der Waals surface area contributed by atoms with Crippen molar-refractivity contribution < 1.29 is 14.6 Å². The number of benzene rings is 1. The fraction of sp³-hybridized carbons (Fsp3) is 0.467. The fourth-order valence-corrected chi connectivity index (χ4v) is 1.73. The Labute approximate surface area is 108 Å². The van der Waals surface area contributed by atoms with Crippen molar-refractivity contribution in [2.24, 2.45) is 5.92 Å². The predicted molar refractivity (Wildman–Crippen MR) is 69.3 cm³/mol. The Morgan fingerprint density at radius 1 is 1.39 bits per heavy atom. The number of aliphatic hydroxyl groups excluding tert-OH is 1. The van der Waals surface area contributed by atoms with Crippen LogP contribution in [0.3, 0.4) is 0 Å². The monoisotopic (exact) mass is 246 g/mol. The highest BCUT2D eigenvalue weighted by atomic mass is 16.5. The van der Waals surface area contributed by atoms with Gasteiger partial charge < -0.3 is 14.6 Å². The van der Waals surface area contributed by atoms with Crippen molar-refractivity contribution in [2.45, 2.75) is 19.4 Å². The number of hydrogen-bond acceptors (Lipinski definition) is 3. The lowest BCUT2D eigenvalue weighted by Crippen LogP contribution is -2.00. The van der Waals surface area contributed by atoms with Crippen LogP contribution < -0.4 is 4.74 Å². The molecule has 0 spiro atoms. The number of methoxy groups -OCH3 is 1. The highest BCUT2D eigenvalue weighted by Gasteiger charge is 2.21. The van der Waals surface area contributed by atoms with E-state index in [4.69, 9.17) is 14.6 Å². The highest BCUT2D eigenvalue weighted by molar-refractivity contribution is 5.44. The van der Waals surface area contributed by atoms with Crippen LogP contribution >= 0.6 is 0 Å². The maximum absolute atomic E-state index is 8.68. The molecule has 0 aliphatic heterocycles. The maximum atomic E-state index is 8.68. The molecule has 2 rings (SSSR count). The molecule has 1 aliphatic rings. The molecule has 18 heavy (non-hydrogen) atoms. The van der Waals surface area contributed by atoms with E-state index in [-0.39, 0.29) is 6.61 Å². The Kier molecular flexibility index (Phi) is 4.63. The standard InChI is InChI=1S/C15H18O3/c1-17-15-7-6-12(3-2-8-16)9-14(15)11-18-10-13-4-5-13/h6-7,9,13,16H,4-5,8,10-11H2,1H3. The van der Waals surface area contributed by atoms with Gasteiger partial charge in [0.05, 0.1) is 13.7 Å². The van der Waals surface area contributed by atoms with Gasteiger partial charge in [-0.3, -0.25) is 0 Å². The van der Waals surface area contributed by atoms with Gasteiger partial charge in [-0.05, 0) is 37.0 Å². The van der Waals surface area contributed by atoms with Crippen LogP contribution in [-0.2, 0) is 11.3 Å². The van der Waals surface area contributed by atoms with E-state index in [9.17, 15) is 0 Å². The largest absolute Gasteiger partial charge is 0.496 e. The highest BCUT2D eigenvalue weighted by Crippen LogP contribution is 2.29. The number of aliphatic hydroxyl groups is 1. The second kappa shape index (κ2) is 6.44. The third-order valence-electron chi connectivity index (χ3n) is 2.90. The first kappa shape index (κ1) is 12.9. The zero-order valence-electron chi connectivity index (χ0n) is 10.6. The minimum absolute atomic E-state index is 0.125. The van der Waals surface area contributed by atoms with E-state index in [1.165, 1.54) is 12.8 Å². The second-order valence-electron chi connectivity index (χ2n) is 4.45. The summed E-state index contributed by atoms with van der Waals surface area (Å²) in [5.74, 6) is 7.10. The van der Waals surface area contributed by atoms with E-state index in [1.54, 1.807) is 7.11 Å². The van der Waals surface area contributed by atoms with E-state index in [1.807, 2.05) is 18.2 Å². The smallest absolute Gasteiger partial charge is 0.124 e. The summed E-state index contributed by atoms with van der Waals surface area (Å²) in [6.07, 6.45) is 2.58. The molecule has 96 valence electrons. The average molecular weight is 246 g/mol. The maximum Gasteiger partial charge on any atom is 0.124 e. The first-order valence-corrected chi connectivity index (χ1v) is 6.18. The second-order valence-corrected chi connectivity index (χ2v) is 4.45. The molecule has 1 aliphatic carbocycles. The lowest BCUT2D eigenvalue weighted by atomic mass is 10.1. The Hall–Kier alpha value is -1.50. The molecule has 0 aromatic heterocycles. The van der Waals surface area contributed by atoms with E-state index in [2.05, 4.69) is 11.8 Å². The van der Waals surface area contributed by atoms with E-state index in [0.717, 1.165) is 29.4 Å². The van der Waals surface area contributed by atoms with Crippen LogP contribution in [0.2, 0.25) is 0 Å². The molecule has 3 heteroatoms. The Morgan fingerprint density at radius 2 is 2.22 bits per heavy atom. The Bertz CT molecular complexity index is 453. The van der Waals surface area contributed by atoms with Crippen LogP contribution in [0.15, 0.2) is 18.2 Å². The van der Waals surface area contributed by atoms with Gasteiger partial charge in [0.25, 0.3) is 0 Å². The zero-order chi connectivity index (χ0) is 12.8. The molecule has 0 bridgehead atoms. The van der Waals surface area contributed by atoms with Crippen molar-refractivity contribution in [3.05, 3.63) is 29.3 Å². The minimum Gasteiger partial charge on any atom is -0.496 e. The van der Waals surface area contributed by atoms with Gasteiger partial charge in [-0.1, -0.05) is 11.8 Å². The number of ether oxygens (including phenoxy) is 2. The van der Waals surface area contributed by atoms with Crippen LogP contribution in [0.1, 0.15) is 24.0 Å². The third-order valence-corrected chi connectivity index (χ3v) is 2.90. The molecule has 0 atom stereocenters. The summed E-state index contributed by atoms with van der Waals surface area (Å²) >= 11 is 0. The quantitative estimate of drug-likeness (QED) is 0.807. The van der Waals surface area contributed by atoms with Gasteiger partial charge in [0.1, 0.15) is 12.4 Å². The van der Waals surface area contributed by atoms with Gasteiger partial charge in [0.2, 0.25) is 0 Å². The van der Waals surface area contributed by atoms with Crippen molar-refractivity contribution >= 4 is 0 Å². The summed E-state index contributed by atoms with van der Waals surface area (Å²) < 4.78 is 11.0. The van der Waals surface area contributed by atoms with E-state index in [0.29, 0.717) is 6.61 Å². The van der Waals surface area contributed by atoms with Gasteiger partial charge in [-0.15, -0.1) is 0 Å².